The van der Waals surface area contributed by atoms with Crippen molar-refractivity contribution in [2.75, 3.05) is 7.05 Å². The van der Waals surface area contributed by atoms with Crippen molar-refractivity contribution >= 4 is 52.6 Å². The topological polar surface area (TPSA) is 36.4 Å². The SMILES string of the molecule is CN=C(NCc1ccc(C)s1)NC(C)Cc1ccc(C)s1.I. The Bertz CT molecular complexity index is 604. The molecule has 2 N–H and O–H groups in total. The third kappa shape index (κ3) is 6.26. The van der Waals surface area contributed by atoms with Gasteiger partial charge in [0.2, 0.25) is 0 Å². The molecule has 0 bridgehead atoms. The number of aryl methyl sites for hydroxylation is 2. The van der Waals surface area contributed by atoms with Gasteiger partial charge in [-0.3, -0.25) is 4.99 Å². The first-order chi connectivity index (χ1) is 10.1. The number of nitrogens with one attached hydrogen (secondary N) is 2. The molecule has 2 heterocycles. The van der Waals surface area contributed by atoms with Gasteiger partial charge >= 0.3 is 0 Å². The lowest BCUT2D eigenvalue weighted by Gasteiger charge is -2.17. The van der Waals surface area contributed by atoms with E-state index in [9.17, 15) is 0 Å². The molecule has 1 atom stereocenters. The molecule has 0 aliphatic rings. The summed E-state index contributed by atoms with van der Waals surface area (Å²) in [6.45, 7) is 7.29. The van der Waals surface area contributed by atoms with Gasteiger partial charge in [-0.1, -0.05) is 0 Å². The quantitative estimate of drug-likeness (QED) is 0.405. The molecule has 0 aliphatic heterocycles. The molecule has 22 heavy (non-hydrogen) atoms. The fourth-order valence-corrected chi connectivity index (χ4v) is 3.98. The Morgan fingerprint density at radius 1 is 1.09 bits per heavy atom. The Morgan fingerprint density at radius 3 is 2.18 bits per heavy atom. The van der Waals surface area contributed by atoms with Crippen LogP contribution < -0.4 is 10.6 Å². The van der Waals surface area contributed by atoms with E-state index < -0.39 is 0 Å². The summed E-state index contributed by atoms with van der Waals surface area (Å²) in [7, 11) is 1.82. The minimum atomic E-state index is 0. The lowest BCUT2D eigenvalue weighted by Crippen LogP contribution is -2.42. The van der Waals surface area contributed by atoms with Crippen molar-refractivity contribution in [1.82, 2.24) is 10.6 Å². The highest BCUT2D eigenvalue weighted by Gasteiger charge is 2.08. The number of thiophene rings is 2. The standard InChI is InChI=1S/C16H23N3S2.HI/c1-11(9-14-7-5-12(2)20-14)19-16(17-4)18-10-15-8-6-13(3)21-15;/h5-8,11H,9-10H2,1-4H3,(H2,17,18,19);1H. The minimum Gasteiger partial charge on any atom is -0.354 e. The van der Waals surface area contributed by atoms with Crippen molar-refractivity contribution in [3.05, 3.63) is 43.8 Å². The molecular weight excluding hydrogens is 425 g/mol. The normalized spacial score (nSPS) is 12.6. The van der Waals surface area contributed by atoms with Crippen LogP contribution >= 0.6 is 46.7 Å². The summed E-state index contributed by atoms with van der Waals surface area (Å²) in [6.07, 6.45) is 1.03. The molecule has 2 aromatic heterocycles. The van der Waals surface area contributed by atoms with Gasteiger partial charge in [0.05, 0.1) is 6.54 Å². The van der Waals surface area contributed by atoms with E-state index in [1.807, 2.05) is 29.7 Å². The first-order valence-corrected chi connectivity index (χ1v) is 8.78. The van der Waals surface area contributed by atoms with Crippen LogP contribution in [0.5, 0.6) is 0 Å². The maximum atomic E-state index is 4.30. The maximum Gasteiger partial charge on any atom is 0.191 e. The number of hydrogen-bond donors (Lipinski definition) is 2. The van der Waals surface area contributed by atoms with Crippen LogP contribution in [0.4, 0.5) is 0 Å². The Kier molecular flexibility index (Phi) is 8.41. The van der Waals surface area contributed by atoms with E-state index in [-0.39, 0.29) is 24.0 Å². The summed E-state index contributed by atoms with van der Waals surface area (Å²) in [6, 6.07) is 9.07. The number of rotatable bonds is 5. The van der Waals surface area contributed by atoms with Gasteiger partial charge in [-0.15, -0.1) is 46.7 Å². The largest absolute Gasteiger partial charge is 0.354 e. The smallest absolute Gasteiger partial charge is 0.191 e. The predicted octanol–water partition coefficient (Wildman–Crippen LogP) is 4.34. The third-order valence-corrected chi connectivity index (χ3v) is 5.16. The third-order valence-electron chi connectivity index (χ3n) is 3.14. The summed E-state index contributed by atoms with van der Waals surface area (Å²) >= 11 is 3.69. The Balaban J connectivity index is 0.00000242. The zero-order chi connectivity index (χ0) is 15.2. The van der Waals surface area contributed by atoms with Crippen LogP contribution in [0.1, 0.15) is 26.4 Å². The van der Waals surface area contributed by atoms with E-state index in [0.29, 0.717) is 6.04 Å². The number of hydrogen-bond acceptors (Lipinski definition) is 3. The van der Waals surface area contributed by atoms with Crippen molar-refractivity contribution in [3.63, 3.8) is 0 Å². The molecular formula is C16H24IN3S2. The summed E-state index contributed by atoms with van der Waals surface area (Å²) < 4.78 is 0. The second kappa shape index (κ2) is 9.52. The van der Waals surface area contributed by atoms with Crippen LogP contribution in [0.25, 0.3) is 0 Å². The zero-order valence-electron chi connectivity index (χ0n) is 13.5. The fourth-order valence-electron chi connectivity index (χ4n) is 2.13. The van der Waals surface area contributed by atoms with E-state index in [0.717, 1.165) is 18.9 Å². The lowest BCUT2D eigenvalue weighted by atomic mass is 10.2. The zero-order valence-corrected chi connectivity index (χ0v) is 17.4. The number of halogens is 1. The van der Waals surface area contributed by atoms with Gasteiger partial charge < -0.3 is 10.6 Å². The monoisotopic (exact) mass is 449 g/mol. The molecule has 0 fully saturated rings. The lowest BCUT2D eigenvalue weighted by molar-refractivity contribution is 0.645. The summed E-state index contributed by atoms with van der Waals surface area (Å²) in [5.74, 6) is 0.863. The van der Waals surface area contributed by atoms with Gasteiger partial charge in [0.25, 0.3) is 0 Å². The number of aliphatic imine (C=N–C) groups is 1. The molecule has 6 heteroatoms. The highest BCUT2D eigenvalue weighted by atomic mass is 127. The van der Waals surface area contributed by atoms with Gasteiger partial charge in [0.15, 0.2) is 5.96 Å². The van der Waals surface area contributed by atoms with Crippen molar-refractivity contribution in [1.29, 1.82) is 0 Å². The highest BCUT2D eigenvalue weighted by molar-refractivity contribution is 14.0. The van der Waals surface area contributed by atoms with E-state index >= 15 is 0 Å². The molecule has 0 saturated carbocycles. The highest BCUT2D eigenvalue weighted by Crippen LogP contribution is 2.17. The molecule has 0 radical (unpaired) electrons. The number of guanidine groups is 1. The predicted molar refractivity (Wildman–Crippen MR) is 110 cm³/mol. The second-order valence-electron chi connectivity index (χ2n) is 5.20. The van der Waals surface area contributed by atoms with Gasteiger partial charge in [-0.25, -0.2) is 0 Å². The van der Waals surface area contributed by atoms with Crippen molar-refractivity contribution < 1.29 is 0 Å². The average Bonchev–Trinajstić information content (AvgIpc) is 3.03. The van der Waals surface area contributed by atoms with E-state index in [4.69, 9.17) is 0 Å². The molecule has 3 nitrogen and oxygen atoms in total. The first kappa shape index (κ1) is 19.4. The summed E-state index contributed by atoms with van der Waals surface area (Å²) in [5, 5.41) is 6.83. The Hall–Kier alpha value is -0.600. The van der Waals surface area contributed by atoms with Crippen LogP contribution in [0.3, 0.4) is 0 Å². The summed E-state index contributed by atoms with van der Waals surface area (Å²) in [5.41, 5.74) is 0. The van der Waals surface area contributed by atoms with Crippen molar-refractivity contribution in [2.45, 2.75) is 39.8 Å². The summed E-state index contributed by atoms with van der Waals surface area (Å²) in [4.78, 5) is 9.76. The van der Waals surface area contributed by atoms with Crippen LogP contribution in [0.15, 0.2) is 29.3 Å². The van der Waals surface area contributed by atoms with Crippen LogP contribution in [-0.4, -0.2) is 19.0 Å². The van der Waals surface area contributed by atoms with E-state index in [1.165, 1.54) is 19.5 Å². The average molecular weight is 449 g/mol. The van der Waals surface area contributed by atoms with Crippen molar-refractivity contribution in [2.24, 2.45) is 4.99 Å². The molecule has 0 amide bonds. The van der Waals surface area contributed by atoms with Gasteiger partial charge in [-0.2, -0.15) is 0 Å². The Labute approximate surface area is 158 Å². The Morgan fingerprint density at radius 2 is 1.68 bits per heavy atom. The molecule has 1 unspecified atom stereocenters. The fraction of sp³-hybridized carbons (Fsp3) is 0.438. The van der Waals surface area contributed by atoms with Crippen LogP contribution in [0, 0.1) is 13.8 Å². The molecule has 0 aromatic carbocycles. The van der Waals surface area contributed by atoms with Gasteiger partial charge in [-0.05, 0) is 45.0 Å². The first-order valence-electron chi connectivity index (χ1n) is 7.14. The molecule has 0 saturated heterocycles. The molecule has 0 aliphatic carbocycles. The van der Waals surface area contributed by atoms with E-state index in [1.54, 1.807) is 0 Å². The van der Waals surface area contributed by atoms with E-state index in [2.05, 4.69) is 60.7 Å². The molecule has 2 aromatic rings. The second-order valence-corrected chi connectivity index (χ2v) is 7.94. The van der Waals surface area contributed by atoms with Crippen LogP contribution in [-0.2, 0) is 13.0 Å². The molecule has 122 valence electrons. The maximum absolute atomic E-state index is 4.30. The van der Waals surface area contributed by atoms with Crippen LogP contribution in [0.2, 0.25) is 0 Å². The van der Waals surface area contributed by atoms with Gasteiger partial charge in [0.1, 0.15) is 0 Å². The van der Waals surface area contributed by atoms with Crippen molar-refractivity contribution in [3.8, 4) is 0 Å². The van der Waals surface area contributed by atoms with Gasteiger partial charge in [0, 0.05) is 39.0 Å². The molecule has 0 spiro atoms. The minimum absolute atomic E-state index is 0. The number of nitrogens with zero attached hydrogens (tertiary/aromatic N) is 1. The molecule has 2 rings (SSSR count).